The molecule has 0 radical (unpaired) electrons. The lowest BCUT2D eigenvalue weighted by atomic mass is 9.98. The van der Waals surface area contributed by atoms with Gasteiger partial charge in [0.15, 0.2) is 5.78 Å². The summed E-state index contributed by atoms with van der Waals surface area (Å²) in [6.07, 6.45) is 0.744. The summed E-state index contributed by atoms with van der Waals surface area (Å²) < 4.78 is 5.88. The number of hydrogen-bond donors (Lipinski definition) is 1. The Labute approximate surface area is 155 Å². The molecule has 0 atom stereocenters. The Kier molecular flexibility index (Phi) is 4.13. The van der Waals surface area contributed by atoms with Gasteiger partial charge in [-0.3, -0.25) is 4.79 Å². The molecule has 0 saturated heterocycles. The number of aryl methyl sites for hydroxylation is 1. The lowest BCUT2D eigenvalue weighted by Crippen LogP contribution is -1.99. The lowest BCUT2D eigenvalue weighted by molar-refractivity contribution is -0.113. The second-order valence-corrected chi connectivity index (χ2v) is 6.75. The molecule has 4 nitrogen and oxygen atoms in total. The van der Waals surface area contributed by atoms with Crippen LogP contribution in [0.1, 0.15) is 24.0 Å². The maximum Gasteiger partial charge on any atom is 0.219 e. The van der Waals surface area contributed by atoms with Gasteiger partial charge in [-0.2, -0.15) is 0 Å². The Hall–Kier alpha value is -2.85. The van der Waals surface area contributed by atoms with Crippen molar-refractivity contribution in [2.24, 2.45) is 0 Å². The molecule has 0 unspecified atom stereocenters. The summed E-state index contributed by atoms with van der Waals surface area (Å²) in [4.78, 5) is 16.6. The zero-order chi connectivity index (χ0) is 18.3. The van der Waals surface area contributed by atoms with E-state index in [2.05, 4.69) is 4.98 Å². The normalized spacial score (nSPS) is 14.3. The van der Waals surface area contributed by atoms with E-state index in [0.29, 0.717) is 40.6 Å². The van der Waals surface area contributed by atoms with Crippen LogP contribution in [0, 0.1) is 6.92 Å². The van der Waals surface area contributed by atoms with Crippen LogP contribution in [0.15, 0.2) is 54.3 Å². The van der Waals surface area contributed by atoms with E-state index in [-0.39, 0.29) is 11.5 Å². The molecular weight excluding hydrogens is 350 g/mol. The molecule has 0 fully saturated rings. The van der Waals surface area contributed by atoms with E-state index in [1.807, 2.05) is 37.3 Å². The molecule has 26 heavy (non-hydrogen) atoms. The van der Waals surface area contributed by atoms with Crippen molar-refractivity contribution < 1.29 is 14.6 Å². The third-order valence-electron chi connectivity index (χ3n) is 4.48. The Morgan fingerprint density at radius 2 is 1.92 bits per heavy atom. The van der Waals surface area contributed by atoms with Gasteiger partial charge in [0.1, 0.15) is 11.5 Å². The number of rotatable bonds is 3. The summed E-state index contributed by atoms with van der Waals surface area (Å²) >= 11 is 5.99. The second kappa shape index (κ2) is 6.46. The molecule has 1 aromatic heterocycles. The van der Waals surface area contributed by atoms with Crippen molar-refractivity contribution in [2.75, 3.05) is 0 Å². The predicted molar refractivity (Wildman–Crippen MR) is 102 cm³/mol. The molecule has 0 spiro atoms. The van der Waals surface area contributed by atoms with Gasteiger partial charge in [-0.25, -0.2) is 4.98 Å². The average molecular weight is 366 g/mol. The molecule has 0 amide bonds. The fourth-order valence-corrected chi connectivity index (χ4v) is 3.32. The molecule has 1 aliphatic carbocycles. The highest BCUT2D eigenvalue weighted by molar-refractivity contribution is 6.31. The van der Waals surface area contributed by atoms with Gasteiger partial charge in [-0.05, 0) is 54.4 Å². The molecule has 1 aliphatic rings. The molecule has 130 valence electrons. The quantitative estimate of drug-likeness (QED) is 0.654. The smallest absolute Gasteiger partial charge is 0.219 e. The van der Waals surface area contributed by atoms with Crippen LogP contribution in [0.2, 0.25) is 5.02 Å². The van der Waals surface area contributed by atoms with Crippen molar-refractivity contribution in [2.45, 2.75) is 19.8 Å². The van der Waals surface area contributed by atoms with Crippen molar-refractivity contribution in [1.29, 1.82) is 0 Å². The third kappa shape index (κ3) is 3.04. The van der Waals surface area contributed by atoms with Gasteiger partial charge in [0.2, 0.25) is 5.88 Å². The molecule has 4 rings (SSSR count). The molecule has 2 aromatic carbocycles. The second-order valence-electron chi connectivity index (χ2n) is 6.31. The minimum absolute atomic E-state index is 0.0385. The van der Waals surface area contributed by atoms with E-state index in [9.17, 15) is 9.90 Å². The Morgan fingerprint density at radius 1 is 1.08 bits per heavy atom. The number of Topliss-reactive ketones (excluding diaryl/α,β-unsaturated/α-hetero) is 1. The number of aliphatic hydroxyl groups is 1. The first kappa shape index (κ1) is 16.6. The van der Waals surface area contributed by atoms with E-state index in [1.165, 1.54) is 0 Å². The molecule has 0 saturated carbocycles. The molecule has 1 N–H and O–H groups in total. The number of nitrogens with zero attached hydrogens (tertiary/aromatic N) is 1. The Morgan fingerprint density at radius 3 is 2.69 bits per heavy atom. The van der Waals surface area contributed by atoms with Gasteiger partial charge in [-0.15, -0.1) is 0 Å². The summed E-state index contributed by atoms with van der Waals surface area (Å²) in [6.45, 7) is 1.91. The topological polar surface area (TPSA) is 59.4 Å². The van der Waals surface area contributed by atoms with Gasteiger partial charge in [0.05, 0.1) is 11.1 Å². The monoisotopic (exact) mass is 365 g/mol. The highest BCUT2D eigenvalue weighted by Gasteiger charge is 2.25. The fraction of sp³-hybridized carbons (Fsp3) is 0.143. The van der Waals surface area contributed by atoms with Crippen molar-refractivity contribution in [1.82, 2.24) is 4.98 Å². The number of ketones is 1. The first-order valence-electron chi connectivity index (χ1n) is 8.32. The molecule has 5 heteroatoms. The lowest BCUT2D eigenvalue weighted by Gasteiger charge is -2.11. The zero-order valence-electron chi connectivity index (χ0n) is 14.1. The number of hydrogen-bond acceptors (Lipinski definition) is 4. The van der Waals surface area contributed by atoms with Crippen LogP contribution in [-0.2, 0) is 4.79 Å². The molecule has 3 aromatic rings. The van der Waals surface area contributed by atoms with Gasteiger partial charge in [0.25, 0.3) is 0 Å². The first-order valence-corrected chi connectivity index (χ1v) is 8.69. The maximum absolute atomic E-state index is 12.1. The van der Waals surface area contributed by atoms with E-state index in [4.69, 9.17) is 16.3 Å². The van der Waals surface area contributed by atoms with Crippen LogP contribution in [0.5, 0.6) is 11.6 Å². The van der Waals surface area contributed by atoms with Gasteiger partial charge < -0.3 is 9.84 Å². The largest absolute Gasteiger partial charge is 0.512 e. The maximum atomic E-state index is 12.1. The average Bonchev–Trinajstić information content (AvgIpc) is 2.95. The molecule has 0 aliphatic heterocycles. The number of carbonyl (C=O) groups is 1. The van der Waals surface area contributed by atoms with Crippen LogP contribution in [-0.4, -0.2) is 15.9 Å². The summed E-state index contributed by atoms with van der Waals surface area (Å²) in [5.74, 6) is 1.12. The van der Waals surface area contributed by atoms with Crippen molar-refractivity contribution in [3.05, 3.63) is 70.4 Å². The van der Waals surface area contributed by atoms with E-state index in [0.717, 1.165) is 16.5 Å². The van der Waals surface area contributed by atoms with E-state index in [1.54, 1.807) is 18.2 Å². The highest BCUT2D eigenvalue weighted by atomic mass is 35.5. The number of aromatic nitrogens is 1. The summed E-state index contributed by atoms with van der Waals surface area (Å²) in [5, 5.41) is 11.6. The molecular formula is C21H16ClNO3. The number of carbonyl (C=O) groups excluding carboxylic acids is 1. The number of benzene rings is 2. The Balaban J connectivity index is 1.69. The number of ether oxygens (including phenoxy) is 1. The number of fused-ring (bicyclic) bond motifs is 1. The van der Waals surface area contributed by atoms with Crippen LogP contribution >= 0.6 is 11.6 Å². The van der Waals surface area contributed by atoms with E-state index >= 15 is 0 Å². The number of allylic oxidation sites excluding steroid dienone is 2. The van der Waals surface area contributed by atoms with Gasteiger partial charge >= 0.3 is 0 Å². The van der Waals surface area contributed by atoms with Crippen molar-refractivity contribution in [3.63, 3.8) is 0 Å². The SMILES string of the molecule is Cc1ccc(Oc2ccc3cc(Cl)ccc3n2)cc1C1=C(O)CCC1=O. The van der Waals surface area contributed by atoms with Crippen LogP contribution in [0.25, 0.3) is 16.5 Å². The summed E-state index contributed by atoms with van der Waals surface area (Å²) in [5.41, 5.74) is 2.80. The third-order valence-corrected chi connectivity index (χ3v) is 4.72. The highest BCUT2D eigenvalue weighted by Crippen LogP contribution is 2.34. The van der Waals surface area contributed by atoms with E-state index < -0.39 is 0 Å². The van der Waals surface area contributed by atoms with Crippen molar-refractivity contribution in [3.8, 4) is 11.6 Å². The summed E-state index contributed by atoms with van der Waals surface area (Å²) in [6, 6.07) is 14.6. The predicted octanol–water partition coefficient (Wildman–Crippen LogP) is 5.62. The van der Waals surface area contributed by atoms with Crippen molar-refractivity contribution >= 4 is 33.9 Å². The number of pyridine rings is 1. The minimum atomic E-state index is -0.0385. The zero-order valence-corrected chi connectivity index (χ0v) is 14.9. The van der Waals surface area contributed by atoms with Crippen LogP contribution in [0.4, 0.5) is 0 Å². The van der Waals surface area contributed by atoms with Crippen LogP contribution in [0.3, 0.4) is 0 Å². The number of halogens is 1. The molecule has 1 heterocycles. The molecule has 0 bridgehead atoms. The summed E-state index contributed by atoms with van der Waals surface area (Å²) in [7, 11) is 0. The number of aliphatic hydroxyl groups excluding tert-OH is 1. The van der Waals surface area contributed by atoms with Gasteiger partial charge in [0, 0.05) is 29.3 Å². The van der Waals surface area contributed by atoms with Crippen LogP contribution < -0.4 is 4.74 Å². The minimum Gasteiger partial charge on any atom is -0.512 e. The standard InChI is InChI=1S/C21H16ClNO3/c1-12-2-5-15(11-16(12)21-18(24)7-8-19(21)25)26-20-9-3-13-10-14(22)4-6-17(13)23-20/h2-6,9-11,24H,7-8H2,1H3. The Bertz CT molecular complexity index is 1070. The first-order chi connectivity index (χ1) is 12.5. The van der Waals surface area contributed by atoms with Gasteiger partial charge in [-0.1, -0.05) is 17.7 Å². The fourth-order valence-electron chi connectivity index (χ4n) is 3.14.